The molecule has 0 amide bonds. The van der Waals surface area contributed by atoms with Gasteiger partial charge in [-0.3, -0.25) is 4.90 Å². The quantitative estimate of drug-likeness (QED) is 0.796. The van der Waals surface area contributed by atoms with E-state index < -0.39 is 17.7 Å². The van der Waals surface area contributed by atoms with E-state index in [4.69, 9.17) is 9.47 Å². The molecule has 0 spiro atoms. The van der Waals surface area contributed by atoms with Gasteiger partial charge in [-0.05, 0) is 66.6 Å². The molecule has 0 radical (unpaired) electrons. The molecule has 1 saturated carbocycles. The topological polar surface area (TPSA) is 62.2 Å². The standard InChI is InChI=1S/C22H26FNO4/c1-27-17-3-5-18(6-4-17)28-19-8-15-11-24(12-16(15)9-19)13-22(26)14-2-7-21(25)20(23)10-14/h2-7,10,15-16,19,22,25-26H,8-9,11-13H2,1H3/t15-,16+,19+,22-/m0/s1. The summed E-state index contributed by atoms with van der Waals surface area (Å²) < 4.78 is 24.8. The number of hydrogen-bond donors (Lipinski definition) is 2. The lowest BCUT2D eigenvalue weighted by Crippen LogP contribution is -2.29. The predicted molar refractivity (Wildman–Crippen MR) is 103 cm³/mol. The van der Waals surface area contributed by atoms with E-state index in [-0.39, 0.29) is 6.10 Å². The Morgan fingerprint density at radius 1 is 1.07 bits per heavy atom. The number of methoxy groups -OCH3 is 1. The van der Waals surface area contributed by atoms with Crippen LogP contribution in [-0.2, 0) is 0 Å². The minimum atomic E-state index is -0.764. The molecular weight excluding hydrogens is 361 g/mol. The Bertz CT molecular complexity index is 799. The number of phenols is 1. The number of ether oxygens (including phenoxy) is 2. The first-order valence-electron chi connectivity index (χ1n) is 9.71. The molecular formula is C22H26FNO4. The number of fused-ring (bicyclic) bond motifs is 1. The summed E-state index contributed by atoms with van der Waals surface area (Å²) in [5.74, 6) is 1.72. The summed E-state index contributed by atoms with van der Waals surface area (Å²) in [6.45, 7) is 2.32. The molecule has 2 N–H and O–H groups in total. The first kappa shape index (κ1) is 19.0. The van der Waals surface area contributed by atoms with Crippen molar-refractivity contribution in [3.05, 3.63) is 53.8 Å². The van der Waals surface area contributed by atoms with Gasteiger partial charge in [0.15, 0.2) is 11.6 Å². The van der Waals surface area contributed by atoms with Crippen LogP contribution in [-0.4, -0.2) is 48.0 Å². The van der Waals surface area contributed by atoms with Gasteiger partial charge in [0.05, 0.1) is 19.3 Å². The van der Waals surface area contributed by atoms with Crippen molar-refractivity contribution < 1.29 is 24.1 Å². The SMILES string of the molecule is COc1ccc(O[C@H]2C[C@@H]3CN(C[C@H](O)c4ccc(O)c(F)c4)C[C@@H]3C2)cc1. The van der Waals surface area contributed by atoms with Crippen molar-refractivity contribution in [1.82, 2.24) is 4.90 Å². The van der Waals surface area contributed by atoms with E-state index in [1.165, 1.54) is 12.1 Å². The van der Waals surface area contributed by atoms with E-state index in [9.17, 15) is 14.6 Å². The second-order valence-corrected chi connectivity index (χ2v) is 7.85. The summed E-state index contributed by atoms with van der Waals surface area (Å²) in [4.78, 5) is 2.24. The van der Waals surface area contributed by atoms with Crippen LogP contribution >= 0.6 is 0 Å². The number of aliphatic hydroxyl groups is 1. The summed E-state index contributed by atoms with van der Waals surface area (Å²) in [5, 5.41) is 19.7. The highest BCUT2D eigenvalue weighted by Crippen LogP contribution is 2.40. The second kappa shape index (κ2) is 7.97. The van der Waals surface area contributed by atoms with Crippen LogP contribution in [0.25, 0.3) is 0 Å². The van der Waals surface area contributed by atoms with Gasteiger partial charge in [0.25, 0.3) is 0 Å². The van der Waals surface area contributed by atoms with Gasteiger partial charge >= 0.3 is 0 Å². The van der Waals surface area contributed by atoms with Crippen LogP contribution < -0.4 is 9.47 Å². The average molecular weight is 387 g/mol. The highest BCUT2D eigenvalue weighted by molar-refractivity contribution is 5.31. The van der Waals surface area contributed by atoms with Crippen molar-refractivity contribution in [3.63, 3.8) is 0 Å². The summed E-state index contributed by atoms with van der Waals surface area (Å²) in [5.41, 5.74) is 0.494. The molecule has 0 bridgehead atoms. The number of phenolic OH excluding ortho intramolecular Hbond substituents is 1. The van der Waals surface area contributed by atoms with Crippen LogP contribution in [0.3, 0.4) is 0 Å². The molecule has 4 atom stereocenters. The Hall–Kier alpha value is -2.31. The fraction of sp³-hybridized carbons (Fsp3) is 0.455. The third-order valence-corrected chi connectivity index (χ3v) is 5.93. The van der Waals surface area contributed by atoms with E-state index in [1.807, 2.05) is 24.3 Å². The van der Waals surface area contributed by atoms with Crippen LogP contribution in [0.15, 0.2) is 42.5 Å². The van der Waals surface area contributed by atoms with E-state index in [0.717, 1.165) is 37.4 Å². The average Bonchev–Trinajstić information content (AvgIpc) is 3.22. The molecule has 28 heavy (non-hydrogen) atoms. The molecule has 5 nitrogen and oxygen atoms in total. The molecule has 2 aliphatic rings. The smallest absolute Gasteiger partial charge is 0.165 e. The Balaban J connectivity index is 1.28. The Kier molecular flexibility index (Phi) is 5.42. The molecule has 1 saturated heterocycles. The van der Waals surface area contributed by atoms with E-state index in [2.05, 4.69) is 4.90 Å². The molecule has 6 heteroatoms. The van der Waals surface area contributed by atoms with Gasteiger partial charge in [0.2, 0.25) is 0 Å². The van der Waals surface area contributed by atoms with Gasteiger partial charge < -0.3 is 19.7 Å². The molecule has 1 aliphatic heterocycles. The highest BCUT2D eigenvalue weighted by Gasteiger charge is 2.42. The third kappa shape index (κ3) is 4.08. The largest absolute Gasteiger partial charge is 0.505 e. The van der Waals surface area contributed by atoms with E-state index in [1.54, 1.807) is 13.2 Å². The van der Waals surface area contributed by atoms with Crippen molar-refractivity contribution in [3.8, 4) is 17.2 Å². The fourth-order valence-electron chi connectivity index (χ4n) is 4.51. The van der Waals surface area contributed by atoms with Gasteiger partial charge in [-0.1, -0.05) is 6.07 Å². The molecule has 2 aromatic carbocycles. The van der Waals surface area contributed by atoms with Crippen LogP contribution in [0.1, 0.15) is 24.5 Å². The first-order chi connectivity index (χ1) is 13.5. The molecule has 0 aromatic heterocycles. The maximum Gasteiger partial charge on any atom is 0.165 e. The molecule has 2 aromatic rings. The summed E-state index contributed by atoms with van der Waals surface area (Å²) in [7, 11) is 1.65. The summed E-state index contributed by atoms with van der Waals surface area (Å²) in [6.07, 6.45) is 1.48. The summed E-state index contributed by atoms with van der Waals surface area (Å²) >= 11 is 0. The minimum absolute atomic E-state index is 0.224. The molecule has 4 rings (SSSR count). The van der Waals surface area contributed by atoms with Crippen LogP contribution in [0, 0.1) is 17.7 Å². The van der Waals surface area contributed by atoms with Crippen LogP contribution in [0.5, 0.6) is 17.2 Å². The molecule has 1 aliphatic carbocycles. The van der Waals surface area contributed by atoms with Gasteiger partial charge in [0, 0.05) is 19.6 Å². The number of halogens is 1. The Labute approximate surface area is 164 Å². The van der Waals surface area contributed by atoms with Crippen LogP contribution in [0.2, 0.25) is 0 Å². The number of hydrogen-bond acceptors (Lipinski definition) is 5. The predicted octanol–water partition coefficient (Wildman–Crippen LogP) is 3.36. The number of β-amino-alcohol motifs (C(OH)–C–C–N with tert-alkyl or cyclic N) is 1. The van der Waals surface area contributed by atoms with Gasteiger partial charge in [-0.2, -0.15) is 0 Å². The monoisotopic (exact) mass is 387 g/mol. The van der Waals surface area contributed by atoms with E-state index in [0.29, 0.717) is 23.9 Å². The zero-order valence-corrected chi connectivity index (χ0v) is 15.9. The number of aromatic hydroxyl groups is 1. The van der Waals surface area contributed by atoms with Crippen molar-refractivity contribution in [1.29, 1.82) is 0 Å². The second-order valence-electron chi connectivity index (χ2n) is 7.85. The number of rotatable bonds is 6. The van der Waals surface area contributed by atoms with Crippen molar-refractivity contribution in [2.75, 3.05) is 26.7 Å². The van der Waals surface area contributed by atoms with Crippen molar-refractivity contribution in [2.24, 2.45) is 11.8 Å². The number of benzene rings is 2. The van der Waals surface area contributed by atoms with E-state index >= 15 is 0 Å². The number of likely N-dealkylation sites (tertiary alicyclic amines) is 1. The zero-order chi connectivity index (χ0) is 19.7. The Morgan fingerprint density at radius 2 is 1.71 bits per heavy atom. The highest BCUT2D eigenvalue weighted by atomic mass is 19.1. The maximum absolute atomic E-state index is 13.5. The lowest BCUT2D eigenvalue weighted by molar-refractivity contribution is 0.116. The molecule has 150 valence electrons. The zero-order valence-electron chi connectivity index (χ0n) is 15.9. The van der Waals surface area contributed by atoms with Crippen LogP contribution in [0.4, 0.5) is 4.39 Å². The van der Waals surface area contributed by atoms with Crippen molar-refractivity contribution >= 4 is 0 Å². The summed E-state index contributed by atoms with van der Waals surface area (Å²) in [6, 6.07) is 11.7. The van der Waals surface area contributed by atoms with Gasteiger partial charge in [-0.15, -0.1) is 0 Å². The van der Waals surface area contributed by atoms with Gasteiger partial charge in [-0.25, -0.2) is 4.39 Å². The lowest BCUT2D eigenvalue weighted by Gasteiger charge is -2.22. The van der Waals surface area contributed by atoms with Crippen molar-refractivity contribution in [2.45, 2.75) is 25.0 Å². The fourth-order valence-corrected chi connectivity index (χ4v) is 4.51. The molecule has 1 heterocycles. The number of aliphatic hydroxyl groups excluding tert-OH is 1. The minimum Gasteiger partial charge on any atom is -0.505 e. The maximum atomic E-state index is 13.5. The normalized spacial score (nSPS) is 25.5. The van der Waals surface area contributed by atoms with Gasteiger partial charge in [0.1, 0.15) is 11.5 Å². The molecule has 2 fully saturated rings. The first-order valence-corrected chi connectivity index (χ1v) is 9.71. The third-order valence-electron chi connectivity index (χ3n) is 5.93. The lowest BCUT2D eigenvalue weighted by atomic mass is 10.0. The number of nitrogens with zero attached hydrogens (tertiary/aromatic N) is 1. The molecule has 0 unspecified atom stereocenters. The Morgan fingerprint density at radius 3 is 2.32 bits per heavy atom.